The van der Waals surface area contributed by atoms with Gasteiger partial charge in [-0.1, -0.05) is 27.7 Å². The van der Waals surface area contributed by atoms with Crippen molar-refractivity contribution in [3.63, 3.8) is 0 Å². The minimum absolute atomic E-state index is 0.129. The van der Waals surface area contributed by atoms with E-state index in [1.54, 1.807) is 12.1 Å². The van der Waals surface area contributed by atoms with E-state index >= 15 is 0 Å². The molecule has 1 aromatic rings. The third-order valence-electron chi connectivity index (χ3n) is 3.96. The molecule has 19 heavy (non-hydrogen) atoms. The van der Waals surface area contributed by atoms with E-state index in [1.165, 1.54) is 0 Å². The molecular formula is C16H25NO2. The molecular weight excluding hydrogens is 238 g/mol. The Morgan fingerprint density at radius 2 is 2.00 bits per heavy atom. The van der Waals surface area contributed by atoms with Gasteiger partial charge < -0.3 is 14.7 Å². The smallest absolute Gasteiger partial charge is 0.147 e. The van der Waals surface area contributed by atoms with Crippen LogP contribution in [-0.2, 0) is 0 Å². The summed E-state index contributed by atoms with van der Waals surface area (Å²) in [6, 6.07) is 5.44. The van der Waals surface area contributed by atoms with Crippen molar-refractivity contribution in [1.82, 2.24) is 0 Å². The second-order valence-corrected chi connectivity index (χ2v) is 5.92. The number of ether oxygens (including phenoxy) is 1. The quantitative estimate of drug-likeness (QED) is 0.896. The minimum Gasteiger partial charge on any atom is -0.508 e. The van der Waals surface area contributed by atoms with Crippen LogP contribution in [0.2, 0.25) is 0 Å². The predicted molar refractivity (Wildman–Crippen MR) is 79.1 cm³/mol. The molecule has 0 aliphatic carbocycles. The molecule has 0 unspecified atom stereocenters. The van der Waals surface area contributed by atoms with Crippen LogP contribution >= 0.6 is 0 Å². The summed E-state index contributed by atoms with van der Waals surface area (Å²) in [6.45, 7) is 10.7. The van der Waals surface area contributed by atoms with E-state index < -0.39 is 0 Å². The molecule has 0 spiro atoms. The van der Waals surface area contributed by atoms with E-state index in [4.69, 9.17) is 4.74 Å². The number of phenolic OH excluding ortho intramolecular Hbond substituents is 1. The molecule has 1 aromatic carbocycles. The molecule has 1 heterocycles. The number of phenols is 1. The lowest BCUT2D eigenvalue weighted by Crippen LogP contribution is -2.51. The molecule has 0 amide bonds. The van der Waals surface area contributed by atoms with Gasteiger partial charge in [0, 0.05) is 12.6 Å². The van der Waals surface area contributed by atoms with Gasteiger partial charge in [-0.05, 0) is 30.9 Å². The van der Waals surface area contributed by atoms with Crippen molar-refractivity contribution >= 4 is 5.69 Å². The third kappa shape index (κ3) is 2.80. The first-order valence-electron chi connectivity index (χ1n) is 7.26. The Balaban J connectivity index is 2.39. The fourth-order valence-electron chi connectivity index (χ4n) is 2.77. The number of aromatic hydroxyl groups is 1. The van der Waals surface area contributed by atoms with Gasteiger partial charge in [0.1, 0.15) is 17.1 Å². The molecule has 0 radical (unpaired) electrons. The Kier molecular flexibility index (Phi) is 3.93. The SMILES string of the molecule is CCC1(CC)CN(CC(C)C)c2ccc(O)cc2O1. The molecule has 0 fully saturated rings. The Morgan fingerprint density at radius 3 is 2.58 bits per heavy atom. The number of benzene rings is 1. The van der Waals surface area contributed by atoms with Crippen molar-refractivity contribution < 1.29 is 9.84 Å². The second-order valence-electron chi connectivity index (χ2n) is 5.92. The van der Waals surface area contributed by atoms with E-state index in [2.05, 4.69) is 32.6 Å². The van der Waals surface area contributed by atoms with Gasteiger partial charge in [0.2, 0.25) is 0 Å². The minimum atomic E-state index is -0.129. The number of hydrogen-bond acceptors (Lipinski definition) is 3. The zero-order chi connectivity index (χ0) is 14.0. The van der Waals surface area contributed by atoms with Crippen molar-refractivity contribution in [3.8, 4) is 11.5 Å². The Morgan fingerprint density at radius 1 is 1.32 bits per heavy atom. The normalized spacial score (nSPS) is 17.2. The summed E-state index contributed by atoms with van der Waals surface area (Å²) in [5.41, 5.74) is 0.972. The highest BCUT2D eigenvalue weighted by atomic mass is 16.5. The molecule has 3 heteroatoms. The molecule has 0 atom stereocenters. The maximum absolute atomic E-state index is 9.67. The van der Waals surface area contributed by atoms with Crippen LogP contribution in [0.1, 0.15) is 40.5 Å². The van der Waals surface area contributed by atoms with Crippen LogP contribution in [0.4, 0.5) is 5.69 Å². The van der Waals surface area contributed by atoms with E-state index in [-0.39, 0.29) is 11.4 Å². The Bertz CT molecular complexity index is 438. The number of anilines is 1. The van der Waals surface area contributed by atoms with Crippen molar-refractivity contribution in [2.45, 2.75) is 46.1 Å². The Labute approximate surface area is 116 Å². The lowest BCUT2D eigenvalue weighted by atomic mass is 9.93. The van der Waals surface area contributed by atoms with Crippen LogP contribution in [0, 0.1) is 5.92 Å². The first kappa shape index (κ1) is 14.0. The highest BCUT2D eigenvalue weighted by molar-refractivity contribution is 5.63. The van der Waals surface area contributed by atoms with Gasteiger partial charge in [0.15, 0.2) is 0 Å². The summed E-state index contributed by atoms with van der Waals surface area (Å²) in [5.74, 6) is 1.69. The maximum Gasteiger partial charge on any atom is 0.147 e. The molecule has 1 aliphatic heterocycles. The summed E-state index contributed by atoms with van der Waals surface area (Å²) in [7, 11) is 0. The second kappa shape index (κ2) is 5.32. The predicted octanol–water partition coefficient (Wildman–Crippen LogP) is 3.81. The van der Waals surface area contributed by atoms with E-state index in [9.17, 15) is 5.11 Å². The van der Waals surface area contributed by atoms with Gasteiger partial charge in [0.25, 0.3) is 0 Å². The molecule has 0 saturated heterocycles. The number of fused-ring (bicyclic) bond motifs is 1. The topological polar surface area (TPSA) is 32.7 Å². The Hall–Kier alpha value is -1.38. The van der Waals surface area contributed by atoms with E-state index in [0.717, 1.165) is 37.4 Å². The zero-order valence-electron chi connectivity index (χ0n) is 12.4. The summed E-state index contributed by atoms with van der Waals surface area (Å²) in [5, 5.41) is 9.67. The van der Waals surface area contributed by atoms with Gasteiger partial charge in [-0.15, -0.1) is 0 Å². The molecule has 0 saturated carbocycles. The highest BCUT2D eigenvalue weighted by Gasteiger charge is 2.37. The molecule has 106 valence electrons. The first-order chi connectivity index (χ1) is 8.99. The lowest BCUT2D eigenvalue weighted by Gasteiger charge is -2.44. The fourth-order valence-corrected chi connectivity index (χ4v) is 2.77. The average molecular weight is 263 g/mol. The van der Waals surface area contributed by atoms with Crippen molar-refractivity contribution in [3.05, 3.63) is 18.2 Å². The van der Waals surface area contributed by atoms with Crippen LogP contribution in [-0.4, -0.2) is 23.8 Å². The molecule has 1 N–H and O–H groups in total. The van der Waals surface area contributed by atoms with Crippen molar-refractivity contribution in [2.75, 3.05) is 18.0 Å². The van der Waals surface area contributed by atoms with E-state index in [0.29, 0.717) is 5.92 Å². The molecule has 0 bridgehead atoms. The van der Waals surface area contributed by atoms with Crippen LogP contribution in [0.5, 0.6) is 11.5 Å². The fraction of sp³-hybridized carbons (Fsp3) is 0.625. The maximum atomic E-state index is 9.67. The first-order valence-corrected chi connectivity index (χ1v) is 7.26. The monoisotopic (exact) mass is 263 g/mol. The molecule has 3 nitrogen and oxygen atoms in total. The summed E-state index contributed by atoms with van der Waals surface area (Å²) in [6.07, 6.45) is 1.96. The van der Waals surface area contributed by atoms with Crippen molar-refractivity contribution in [1.29, 1.82) is 0 Å². The molecule has 2 rings (SSSR count). The van der Waals surface area contributed by atoms with Gasteiger partial charge in [0.05, 0.1) is 12.2 Å². The van der Waals surface area contributed by atoms with Gasteiger partial charge >= 0.3 is 0 Å². The largest absolute Gasteiger partial charge is 0.508 e. The van der Waals surface area contributed by atoms with Gasteiger partial charge in [-0.3, -0.25) is 0 Å². The van der Waals surface area contributed by atoms with Gasteiger partial charge in [-0.2, -0.15) is 0 Å². The third-order valence-corrected chi connectivity index (χ3v) is 3.96. The van der Waals surface area contributed by atoms with Crippen LogP contribution < -0.4 is 9.64 Å². The molecule has 1 aliphatic rings. The highest BCUT2D eigenvalue weighted by Crippen LogP contribution is 2.41. The van der Waals surface area contributed by atoms with Gasteiger partial charge in [-0.25, -0.2) is 0 Å². The summed E-state index contributed by atoms with van der Waals surface area (Å²) < 4.78 is 6.21. The van der Waals surface area contributed by atoms with Crippen LogP contribution in [0.3, 0.4) is 0 Å². The number of nitrogens with zero attached hydrogens (tertiary/aromatic N) is 1. The summed E-state index contributed by atoms with van der Waals surface area (Å²) >= 11 is 0. The number of rotatable bonds is 4. The van der Waals surface area contributed by atoms with E-state index in [1.807, 2.05) is 6.07 Å². The standard InChI is InChI=1S/C16H25NO2/c1-5-16(6-2)11-17(10-12(3)4)14-8-7-13(18)9-15(14)19-16/h7-9,12,18H,5-6,10-11H2,1-4H3. The lowest BCUT2D eigenvalue weighted by molar-refractivity contribution is 0.0566. The average Bonchev–Trinajstić information content (AvgIpc) is 2.37. The van der Waals surface area contributed by atoms with Crippen LogP contribution in [0.15, 0.2) is 18.2 Å². The number of hydrogen-bond donors (Lipinski definition) is 1. The van der Waals surface area contributed by atoms with Crippen molar-refractivity contribution in [2.24, 2.45) is 5.92 Å². The molecule has 0 aromatic heterocycles. The summed E-state index contributed by atoms with van der Waals surface area (Å²) in [4.78, 5) is 2.40. The van der Waals surface area contributed by atoms with Crippen LogP contribution in [0.25, 0.3) is 0 Å². The zero-order valence-corrected chi connectivity index (χ0v) is 12.4.